The molecular formula is C20H26O5. The summed E-state index contributed by atoms with van der Waals surface area (Å²) < 4.78 is 16.3. The molecule has 1 aromatic rings. The Bertz CT molecular complexity index is 665. The van der Waals surface area contributed by atoms with Crippen LogP contribution in [-0.4, -0.2) is 24.8 Å². The molecule has 1 saturated heterocycles. The molecule has 2 fully saturated rings. The lowest BCUT2D eigenvalue weighted by atomic mass is 9.61. The summed E-state index contributed by atoms with van der Waals surface area (Å²) in [5, 5.41) is 0. The largest absolute Gasteiger partial charge is 0.497 e. The van der Waals surface area contributed by atoms with Crippen LogP contribution in [0.2, 0.25) is 0 Å². The minimum absolute atomic E-state index is 0.483. The molecule has 1 aliphatic carbocycles. The molecule has 1 heterocycles. The van der Waals surface area contributed by atoms with Crippen molar-refractivity contribution < 1.29 is 23.8 Å². The normalized spacial score (nSPS) is 22.9. The van der Waals surface area contributed by atoms with E-state index < -0.39 is 29.1 Å². The average Bonchev–Trinajstić information content (AvgIpc) is 2.53. The molecule has 0 radical (unpaired) electrons. The molecule has 1 aromatic carbocycles. The van der Waals surface area contributed by atoms with Crippen LogP contribution in [0.25, 0.3) is 0 Å². The van der Waals surface area contributed by atoms with Crippen molar-refractivity contribution in [3.8, 4) is 5.75 Å². The van der Waals surface area contributed by atoms with Gasteiger partial charge in [0, 0.05) is 19.3 Å². The van der Waals surface area contributed by atoms with E-state index in [1.54, 1.807) is 21.0 Å². The predicted octanol–water partition coefficient (Wildman–Crippen LogP) is 3.66. The Kier molecular flexibility index (Phi) is 4.52. The van der Waals surface area contributed by atoms with Crippen LogP contribution < -0.4 is 4.74 Å². The van der Waals surface area contributed by atoms with Crippen molar-refractivity contribution in [3.63, 3.8) is 0 Å². The minimum Gasteiger partial charge on any atom is -0.497 e. The highest BCUT2D eigenvalue weighted by Crippen LogP contribution is 2.49. The molecule has 2 aliphatic rings. The summed E-state index contributed by atoms with van der Waals surface area (Å²) in [4.78, 5) is 25.6. The van der Waals surface area contributed by atoms with Gasteiger partial charge in [-0.2, -0.15) is 0 Å². The molecule has 5 heteroatoms. The third kappa shape index (κ3) is 3.24. The van der Waals surface area contributed by atoms with Crippen LogP contribution >= 0.6 is 0 Å². The number of benzene rings is 1. The Labute approximate surface area is 148 Å². The zero-order chi connectivity index (χ0) is 18.2. The lowest BCUT2D eigenvalue weighted by Crippen LogP contribution is -2.55. The number of esters is 2. The first-order chi connectivity index (χ1) is 11.8. The highest BCUT2D eigenvalue weighted by atomic mass is 16.7. The summed E-state index contributed by atoms with van der Waals surface area (Å²) in [5.74, 6) is -2.36. The number of methoxy groups -OCH3 is 1. The van der Waals surface area contributed by atoms with Crippen molar-refractivity contribution in [1.82, 2.24) is 0 Å². The molecule has 25 heavy (non-hydrogen) atoms. The van der Waals surface area contributed by atoms with Gasteiger partial charge in [-0.25, -0.2) is 0 Å². The molecule has 1 aliphatic heterocycles. The average molecular weight is 346 g/mol. The topological polar surface area (TPSA) is 61.8 Å². The number of hydrogen-bond donors (Lipinski definition) is 0. The summed E-state index contributed by atoms with van der Waals surface area (Å²) >= 11 is 0. The Hall–Kier alpha value is -2.04. The first kappa shape index (κ1) is 17.8. The maximum atomic E-state index is 12.8. The van der Waals surface area contributed by atoms with Crippen LogP contribution in [0, 0.1) is 12.8 Å². The van der Waals surface area contributed by atoms with Crippen LogP contribution in [-0.2, 0) is 24.5 Å². The van der Waals surface area contributed by atoms with Gasteiger partial charge in [0.05, 0.1) is 7.11 Å². The molecule has 136 valence electrons. The van der Waals surface area contributed by atoms with Crippen molar-refractivity contribution in [2.45, 2.75) is 64.1 Å². The standard InChI is InChI=1S/C20H26O5/c1-13-10-14(12-15(11-13)23-4)20(8-6-5-7-9-20)16-17(21)24-19(2,3)25-18(16)22/h10-12,16H,5-9H2,1-4H3. The van der Waals surface area contributed by atoms with E-state index >= 15 is 0 Å². The van der Waals surface area contributed by atoms with E-state index in [4.69, 9.17) is 14.2 Å². The second-order valence-electron chi connectivity index (χ2n) is 7.63. The monoisotopic (exact) mass is 346 g/mol. The molecule has 0 unspecified atom stereocenters. The maximum Gasteiger partial charge on any atom is 0.324 e. The Morgan fingerprint density at radius 1 is 1.00 bits per heavy atom. The van der Waals surface area contributed by atoms with Crippen LogP contribution in [0.4, 0.5) is 0 Å². The van der Waals surface area contributed by atoms with E-state index in [9.17, 15) is 9.59 Å². The van der Waals surface area contributed by atoms with Crippen LogP contribution in [0.3, 0.4) is 0 Å². The highest BCUT2D eigenvalue weighted by molar-refractivity contribution is 5.98. The molecule has 0 atom stereocenters. The number of cyclic esters (lactones) is 2. The molecule has 0 spiro atoms. The maximum absolute atomic E-state index is 12.8. The fourth-order valence-corrected chi connectivity index (χ4v) is 4.25. The summed E-state index contributed by atoms with van der Waals surface area (Å²) in [5.41, 5.74) is 1.40. The zero-order valence-corrected chi connectivity index (χ0v) is 15.4. The second-order valence-corrected chi connectivity index (χ2v) is 7.63. The SMILES string of the molecule is COc1cc(C)cc(C2(C3C(=O)OC(C)(C)OC3=O)CCCCC2)c1. The molecule has 0 N–H and O–H groups in total. The first-order valence-electron chi connectivity index (χ1n) is 8.89. The summed E-state index contributed by atoms with van der Waals surface area (Å²) in [6.45, 7) is 5.16. The van der Waals surface area contributed by atoms with Crippen molar-refractivity contribution in [2.24, 2.45) is 5.92 Å². The van der Waals surface area contributed by atoms with E-state index in [0.29, 0.717) is 0 Å². The number of ether oxygens (including phenoxy) is 3. The zero-order valence-electron chi connectivity index (χ0n) is 15.4. The van der Waals surface area contributed by atoms with Crippen molar-refractivity contribution in [3.05, 3.63) is 29.3 Å². The fraction of sp³-hybridized carbons (Fsp3) is 0.600. The minimum atomic E-state index is -1.20. The van der Waals surface area contributed by atoms with Gasteiger partial charge in [-0.1, -0.05) is 25.3 Å². The van der Waals surface area contributed by atoms with E-state index in [0.717, 1.165) is 49.0 Å². The molecule has 0 bridgehead atoms. The summed E-state index contributed by atoms with van der Waals surface area (Å²) in [6, 6.07) is 5.94. The van der Waals surface area contributed by atoms with Gasteiger partial charge < -0.3 is 14.2 Å². The number of carbonyl (C=O) groups is 2. The van der Waals surface area contributed by atoms with E-state index in [1.165, 1.54) is 0 Å². The summed E-state index contributed by atoms with van der Waals surface area (Å²) in [6.07, 6.45) is 4.56. The van der Waals surface area contributed by atoms with Gasteiger partial charge in [0.1, 0.15) is 5.75 Å². The van der Waals surface area contributed by atoms with Gasteiger partial charge in [-0.15, -0.1) is 0 Å². The molecule has 5 nitrogen and oxygen atoms in total. The molecule has 0 amide bonds. The Balaban J connectivity index is 2.10. The van der Waals surface area contributed by atoms with Crippen LogP contribution in [0.15, 0.2) is 18.2 Å². The predicted molar refractivity (Wildman–Crippen MR) is 92.2 cm³/mol. The Morgan fingerprint density at radius 3 is 2.16 bits per heavy atom. The van der Waals surface area contributed by atoms with Gasteiger partial charge in [-0.3, -0.25) is 9.59 Å². The number of hydrogen-bond acceptors (Lipinski definition) is 5. The smallest absolute Gasteiger partial charge is 0.324 e. The van der Waals surface area contributed by atoms with E-state index in [-0.39, 0.29) is 0 Å². The van der Waals surface area contributed by atoms with Gasteiger partial charge in [0.2, 0.25) is 0 Å². The number of aryl methyl sites for hydroxylation is 1. The van der Waals surface area contributed by atoms with E-state index in [1.807, 2.05) is 25.1 Å². The lowest BCUT2D eigenvalue weighted by molar-refractivity contribution is -0.244. The molecule has 3 rings (SSSR count). The third-order valence-electron chi connectivity index (χ3n) is 5.32. The van der Waals surface area contributed by atoms with Gasteiger partial charge in [0.15, 0.2) is 5.92 Å². The molecule has 0 aromatic heterocycles. The first-order valence-corrected chi connectivity index (χ1v) is 8.89. The fourth-order valence-electron chi connectivity index (χ4n) is 4.25. The number of carbonyl (C=O) groups excluding carboxylic acids is 2. The van der Waals surface area contributed by atoms with Gasteiger partial charge in [0.25, 0.3) is 5.79 Å². The molecular weight excluding hydrogens is 320 g/mol. The van der Waals surface area contributed by atoms with Gasteiger partial charge >= 0.3 is 11.9 Å². The lowest BCUT2D eigenvalue weighted by Gasteiger charge is -2.45. The highest BCUT2D eigenvalue weighted by Gasteiger charge is 2.55. The second kappa shape index (κ2) is 6.36. The molecule has 1 saturated carbocycles. The van der Waals surface area contributed by atoms with Gasteiger partial charge in [-0.05, 0) is 43.0 Å². The number of rotatable bonds is 3. The third-order valence-corrected chi connectivity index (χ3v) is 5.32. The Morgan fingerprint density at radius 2 is 1.60 bits per heavy atom. The van der Waals surface area contributed by atoms with E-state index in [2.05, 4.69) is 0 Å². The van der Waals surface area contributed by atoms with Crippen LogP contribution in [0.1, 0.15) is 57.1 Å². The quantitative estimate of drug-likeness (QED) is 0.617. The van der Waals surface area contributed by atoms with Crippen molar-refractivity contribution in [1.29, 1.82) is 0 Å². The van der Waals surface area contributed by atoms with Crippen molar-refractivity contribution in [2.75, 3.05) is 7.11 Å². The summed E-state index contributed by atoms with van der Waals surface area (Å²) in [7, 11) is 1.62. The van der Waals surface area contributed by atoms with Crippen LogP contribution in [0.5, 0.6) is 5.75 Å². The van der Waals surface area contributed by atoms with Crippen molar-refractivity contribution >= 4 is 11.9 Å².